The van der Waals surface area contributed by atoms with E-state index in [1.54, 1.807) is 0 Å². The molecular formula is C12H20N4O5. The number of morpholine rings is 1. The number of piperazine rings is 1. The van der Waals surface area contributed by atoms with Gasteiger partial charge in [0.15, 0.2) is 0 Å². The third-order valence-corrected chi connectivity index (χ3v) is 3.44. The third-order valence-electron chi connectivity index (χ3n) is 3.44. The summed E-state index contributed by atoms with van der Waals surface area (Å²) in [5, 5.41) is 3.90. The number of hydrogen-bond donors (Lipinski definition) is 1. The Morgan fingerprint density at radius 2 is 2.05 bits per heavy atom. The van der Waals surface area contributed by atoms with Gasteiger partial charge in [-0.2, -0.15) is 5.06 Å². The van der Waals surface area contributed by atoms with E-state index in [1.165, 1.54) is 16.8 Å². The molecule has 0 bridgehead atoms. The van der Waals surface area contributed by atoms with Gasteiger partial charge in [0, 0.05) is 32.7 Å². The highest BCUT2D eigenvalue weighted by molar-refractivity contribution is 5.79. The van der Waals surface area contributed by atoms with E-state index in [2.05, 4.69) is 5.32 Å². The van der Waals surface area contributed by atoms with Crippen molar-refractivity contribution in [2.24, 2.45) is 0 Å². The number of aldehydes is 1. The molecule has 9 heteroatoms. The molecule has 1 unspecified atom stereocenters. The summed E-state index contributed by atoms with van der Waals surface area (Å²) in [6.07, 6.45) is 0.119. The lowest BCUT2D eigenvalue weighted by Crippen LogP contribution is -2.57. The van der Waals surface area contributed by atoms with Gasteiger partial charge in [-0.05, 0) is 0 Å². The number of nitrogens with one attached hydrogen (secondary N) is 1. The molecule has 0 aromatic carbocycles. The van der Waals surface area contributed by atoms with Crippen LogP contribution in [0, 0.1) is 0 Å². The summed E-state index contributed by atoms with van der Waals surface area (Å²) in [6, 6.07) is -1.05. The first-order valence-corrected chi connectivity index (χ1v) is 6.88. The SMILES string of the molecule is CN(OC(=O)N1CCOCC1)C(=O)N1CCNCC1C=O. The molecule has 2 aliphatic heterocycles. The van der Waals surface area contributed by atoms with Crippen LogP contribution in [-0.4, -0.2) is 92.3 Å². The van der Waals surface area contributed by atoms with Gasteiger partial charge in [-0.15, -0.1) is 0 Å². The predicted molar refractivity (Wildman–Crippen MR) is 71.5 cm³/mol. The molecule has 3 amide bonds. The van der Waals surface area contributed by atoms with Crippen molar-refractivity contribution in [3.05, 3.63) is 0 Å². The molecule has 2 heterocycles. The molecule has 2 saturated heterocycles. The van der Waals surface area contributed by atoms with Gasteiger partial charge < -0.3 is 29.5 Å². The summed E-state index contributed by atoms with van der Waals surface area (Å²) < 4.78 is 5.14. The van der Waals surface area contributed by atoms with E-state index in [0.29, 0.717) is 52.2 Å². The van der Waals surface area contributed by atoms with Crippen molar-refractivity contribution in [1.82, 2.24) is 20.2 Å². The Labute approximate surface area is 122 Å². The lowest BCUT2D eigenvalue weighted by atomic mass is 10.2. The van der Waals surface area contributed by atoms with Crippen molar-refractivity contribution in [3.8, 4) is 0 Å². The molecule has 118 valence electrons. The maximum atomic E-state index is 12.2. The van der Waals surface area contributed by atoms with Gasteiger partial charge in [0.25, 0.3) is 0 Å². The Balaban J connectivity index is 1.88. The molecule has 2 fully saturated rings. The molecule has 0 spiro atoms. The minimum absolute atomic E-state index is 0.391. The van der Waals surface area contributed by atoms with Crippen LogP contribution in [0.4, 0.5) is 9.59 Å². The van der Waals surface area contributed by atoms with Crippen LogP contribution >= 0.6 is 0 Å². The summed E-state index contributed by atoms with van der Waals surface area (Å²) >= 11 is 0. The molecule has 2 rings (SSSR count). The first-order valence-electron chi connectivity index (χ1n) is 6.88. The Bertz CT molecular complexity index is 399. The molecule has 0 radical (unpaired) electrons. The first-order chi connectivity index (χ1) is 10.1. The van der Waals surface area contributed by atoms with E-state index in [9.17, 15) is 14.4 Å². The van der Waals surface area contributed by atoms with E-state index in [0.717, 1.165) is 5.06 Å². The van der Waals surface area contributed by atoms with E-state index in [-0.39, 0.29) is 0 Å². The Morgan fingerprint density at radius 3 is 2.71 bits per heavy atom. The smallest absolute Gasteiger partial charge is 0.378 e. The van der Waals surface area contributed by atoms with Gasteiger partial charge >= 0.3 is 12.1 Å². The number of carbonyl (C=O) groups excluding carboxylic acids is 3. The summed E-state index contributed by atoms with van der Waals surface area (Å²) in [5.74, 6) is 0. The van der Waals surface area contributed by atoms with Crippen LogP contribution in [0.25, 0.3) is 0 Å². The average molecular weight is 300 g/mol. The topological polar surface area (TPSA) is 91.4 Å². The fourth-order valence-electron chi connectivity index (χ4n) is 2.23. The monoisotopic (exact) mass is 300 g/mol. The second-order valence-corrected chi connectivity index (χ2v) is 4.84. The second kappa shape index (κ2) is 7.23. The molecule has 0 aromatic rings. The van der Waals surface area contributed by atoms with Crippen LogP contribution in [0.2, 0.25) is 0 Å². The van der Waals surface area contributed by atoms with Crippen LogP contribution in [0.1, 0.15) is 0 Å². The highest BCUT2D eigenvalue weighted by atomic mass is 16.7. The second-order valence-electron chi connectivity index (χ2n) is 4.84. The zero-order valence-electron chi connectivity index (χ0n) is 12.0. The van der Waals surface area contributed by atoms with Crippen molar-refractivity contribution in [1.29, 1.82) is 0 Å². The number of hydroxylamine groups is 2. The van der Waals surface area contributed by atoms with Gasteiger partial charge in [-0.3, -0.25) is 0 Å². The molecule has 1 N–H and O–H groups in total. The number of urea groups is 1. The minimum Gasteiger partial charge on any atom is -0.378 e. The number of hydrogen-bond acceptors (Lipinski definition) is 6. The van der Waals surface area contributed by atoms with Crippen molar-refractivity contribution in [3.63, 3.8) is 0 Å². The van der Waals surface area contributed by atoms with E-state index in [4.69, 9.17) is 9.57 Å². The lowest BCUT2D eigenvalue weighted by molar-refractivity contribution is -0.113. The third kappa shape index (κ3) is 3.82. The number of carbonyl (C=O) groups is 3. The van der Waals surface area contributed by atoms with E-state index < -0.39 is 18.2 Å². The van der Waals surface area contributed by atoms with Crippen molar-refractivity contribution >= 4 is 18.4 Å². The number of rotatable bonds is 1. The van der Waals surface area contributed by atoms with Crippen molar-refractivity contribution in [2.45, 2.75) is 6.04 Å². The van der Waals surface area contributed by atoms with Crippen LogP contribution in [0.5, 0.6) is 0 Å². The van der Waals surface area contributed by atoms with Gasteiger partial charge in [0.1, 0.15) is 12.3 Å². The van der Waals surface area contributed by atoms with Gasteiger partial charge in [0.2, 0.25) is 0 Å². The molecule has 0 saturated carbocycles. The average Bonchev–Trinajstić information content (AvgIpc) is 2.54. The lowest BCUT2D eigenvalue weighted by Gasteiger charge is -2.35. The maximum absolute atomic E-state index is 12.2. The highest BCUT2D eigenvalue weighted by Crippen LogP contribution is 2.08. The molecular weight excluding hydrogens is 280 g/mol. The zero-order valence-corrected chi connectivity index (χ0v) is 12.0. The Morgan fingerprint density at radius 1 is 1.33 bits per heavy atom. The first kappa shape index (κ1) is 15.5. The fraction of sp³-hybridized carbons (Fsp3) is 0.750. The summed E-state index contributed by atoms with van der Waals surface area (Å²) in [7, 11) is 1.37. The van der Waals surface area contributed by atoms with Crippen molar-refractivity contribution < 1.29 is 24.0 Å². The number of amides is 3. The Kier molecular flexibility index (Phi) is 5.34. The number of nitrogens with zero attached hydrogens (tertiary/aromatic N) is 3. The molecule has 2 aliphatic rings. The normalized spacial score (nSPS) is 22.6. The fourth-order valence-corrected chi connectivity index (χ4v) is 2.23. The van der Waals surface area contributed by atoms with E-state index >= 15 is 0 Å². The molecule has 1 atom stereocenters. The van der Waals surface area contributed by atoms with Crippen LogP contribution in [0.3, 0.4) is 0 Å². The van der Waals surface area contributed by atoms with Crippen LogP contribution in [-0.2, 0) is 14.4 Å². The van der Waals surface area contributed by atoms with Gasteiger partial charge in [-0.1, -0.05) is 0 Å². The molecule has 21 heavy (non-hydrogen) atoms. The van der Waals surface area contributed by atoms with Crippen molar-refractivity contribution in [2.75, 3.05) is 53.0 Å². The number of ether oxygens (including phenoxy) is 1. The summed E-state index contributed by atoms with van der Waals surface area (Å²) in [4.78, 5) is 43.0. The van der Waals surface area contributed by atoms with Crippen LogP contribution < -0.4 is 5.32 Å². The predicted octanol–water partition coefficient (Wildman–Crippen LogP) is -1.11. The largest absolute Gasteiger partial charge is 0.434 e. The highest BCUT2D eigenvalue weighted by Gasteiger charge is 2.31. The molecule has 9 nitrogen and oxygen atoms in total. The van der Waals surface area contributed by atoms with Crippen LogP contribution in [0.15, 0.2) is 0 Å². The Hall–Kier alpha value is -1.87. The van der Waals surface area contributed by atoms with Gasteiger partial charge in [0.05, 0.1) is 20.3 Å². The standard InChI is InChI=1S/C12H20N4O5/c1-14(21-12(19)15-4-6-20-7-5-15)11(18)16-3-2-13-8-10(16)9-17/h9-10,13H,2-8H2,1H3. The zero-order chi connectivity index (χ0) is 15.2. The summed E-state index contributed by atoms with van der Waals surface area (Å²) in [5.41, 5.74) is 0. The quantitative estimate of drug-likeness (QED) is 0.488. The minimum atomic E-state index is -0.591. The van der Waals surface area contributed by atoms with Gasteiger partial charge in [-0.25, -0.2) is 9.59 Å². The maximum Gasteiger partial charge on any atom is 0.434 e. The summed E-state index contributed by atoms with van der Waals surface area (Å²) in [6.45, 7) is 3.18. The van der Waals surface area contributed by atoms with E-state index in [1.807, 2.05) is 0 Å². The molecule has 0 aromatic heterocycles. The molecule has 0 aliphatic carbocycles.